The number of quaternary nitrogens is 1. The van der Waals surface area contributed by atoms with Crippen molar-refractivity contribution in [3.05, 3.63) is 70.7 Å². The van der Waals surface area contributed by atoms with Crippen LogP contribution in [-0.4, -0.2) is 41.0 Å². The van der Waals surface area contributed by atoms with Crippen LogP contribution in [0.25, 0.3) is 10.8 Å². The quantitative estimate of drug-likeness (QED) is 0.387. The summed E-state index contributed by atoms with van der Waals surface area (Å²) in [6, 6.07) is 9.24. The van der Waals surface area contributed by atoms with Gasteiger partial charge in [0.1, 0.15) is 0 Å². The average Bonchev–Trinajstić information content (AvgIpc) is 3.33. The van der Waals surface area contributed by atoms with Crippen molar-refractivity contribution in [1.82, 2.24) is 4.98 Å². The Balaban J connectivity index is 1.27. The molecule has 4 nitrogen and oxygen atoms in total. The summed E-state index contributed by atoms with van der Waals surface area (Å²) in [5.74, 6) is 1.07. The number of hydroxylamine groups is 3. The molecule has 3 fully saturated rings. The molecule has 2 aromatic rings. The Kier molecular flexibility index (Phi) is 4.26. The maximum absolute atomic E-state index is 12.9. The van der Waals surface area contributed by atoms with Crippen molar-refractivity contribution < 1.29 is 9.38 Å². The molecule has 0 N–H and O–H groups in total. The number of hydrogen-bond donors (Lipinski definition) is 0. The molecule has 1 aromatic carbocycles. The Morgan fingerprint density at radius 2 is 1.97 bits per heavy atom. The highest BCUT2D eigenvalue weighted by atomic mass is 16.5. The fourth-order valence-electron chi connectivity index (χ4n) is 8.78. The van der Waals surface area contributed by atoms with Gasteiger partial charge in [0.05, 0.1) is 31.3 Å². The molecular weight excluding hydrogens is 420 g/mol. The van der Waals surface area contributed by atoms with E-state index in [1.807, 2.05) is 26.5 Å². The lowest BCUT2D eigenvalue weighted by Gasteiger charge is -2.55. The molecule has 1 unspecified atom stereocenters. The van der Waals surface area contributed by atoms with Crippen LogP contribution in [0.1, 0.15) is 69.8 Å². The van der Waals surface area contributed by atoms with Crippen molar-refractivity contribution in [1.29, 1.82) is 0 Å². The zero-order valence-corrected chi connectivity index (χ0v) is 20.7. The number of allylic oxidation sites excluding steroid dienone is 1. The molecule has 4 heteroatoms. The number of benzene rings is 1. The maximum atomic E-state index is 12.9. The van der Waals surface area contributed by atoms with Crippen LogP contribution in [0.4, 0.5) is 0 Å². The van der Waals surface area contributed by atoms with Gasteiger partial charge >= 0.3 is 0 Å². The van der Waals surface area contributed by atoms with Crippen LogP contribution in [0.15, 0.2) is 60.0 Å². The Morgan fingerprint density at radius 1 is 1.09 bits per heavy atom. The van der Waals surface area contributed by atoms with Gasteiger partial charge in [-0.05, 0) is 90.0 Å². The topological polar surface area (TPSA) is 45.2 Å². The van der Waals surface area contributed by atoms with Crippen LogP contribution in [0.3, 0.4) is 0 Å². The predicted molar refractivity (Wildman–Crippen MR) is 135 cm³/mol. The lowest BCUT2D eigenvalue weighted by molar-refractivity contribution is -0.869. The summed E-state index contributed by atoms with van der Waals surface area (Å²) in [5.41, 5.74) is 4.21. The number of nitrogens with zero attached hydrogens (tertiary/aromatic N) is 2. The first kappa shape index (κ1) is 21.3. The van der Waals surface area contributed by atoms with Crippen molar-refractivity contribution in [2.24, 2.45) is 11.3 Å². The number of hydrogen-bond acceptors (Lipinski definition) is 3. The molecule has 178 valence electrons. The predicted octanol–water partition coefficient (Wildman–Crippen LogP) is 6.42. The van der Waals surface area contributed by atoms with Gasteiger partial charge in [0, 0.05) is 30.6 Å². The molecule has 2 aliphatic heterocycles. The largest absolute Gasteiger partial charge is 0.633 e. The molecule has 3 heterocycles. The molecule has 1 saturated heterocycles. The molecule has 2 bridgehead atoms. The van der Waals surface area contributed by atoms with Crippen LogP contribution in [0, 0.1) is 16.5 Å². The molecule has 7 rings (SSSR count). The zero-order valence-electron chi connectivity index (χ0n) is 20.7. The summed E-state index contributed by atoms with van der Waals surface area (Å²) < 4.78 is 7.14. The minimum absolute atomic E-state index is 0.135. The second kappa shape index (κ2) is 6.81. The molecular formula is C30H36N2O2. The summed E-state index contributed by atoms with van der Waals surface area (Å²) in [4.78, 5) is 4.36. The number of pyridine rings is 1. The van der Waals surface area contributed by atoms with E-state index in [0.717, 1.165) is 38.5 Å². The number of ether oxygens (including phenoxy) is 1. The van der Waals surface area contributed by atoms with Gasteiger partial charge in [-0.1, -0.05) is 31.2 Å². The van der Waals surface area contributed by atoms with Crippen LogP contribution >= 0.6 is 0 Å². The van der Waals surface area contributed by atoms with Crippen LogP contribution < -0.4 is 0 Å². The minimum Gasteiger partial charge on any atom is -0.633 e. The molecule has 2 spiro atoms. The molecule has 34 heavy (non-hydrogen) atoms. The van der Waals surface area contributed by atoms with E-state index < -0.39 is 0 Å². The second-order valence-corrected chi connectivity index (χ2v) is 12.5. The molecule has 0 radical (unpaired) electrons. The van der Waals surface area contributed by atoms with E-state index in [-0.39, 0.29) is 27.3 Å². The number of fused-ring (bicyclic) bond motifs is 2. The number of aromatic nitrogens is 1. The van der Waals surface area contributed by atoms with Gasteiger partial charge in [-0.25, -0.2) is 0 Å². The standard InChI is InChI=1S/C30H36N2O2/c1-28-12-10-24-17-23-6-7-25(32(2,3)33)18-29(23)13-14-30(24,34-29)27(28)9-8-26(28)21-5-4-20-11-15-31-19-22(20)16-21/h4-5,10-11,15-17,19,25-27H,6-9,12-14,18H2,1-3H3/t25-,26+,27+,28+,29?,30+/m0/s1. The van der Waals surface area contributed by atoms with Crippen molar-refractivity contribution in [2.45, 2.75) is 81.5 Å². The third kappa shape index (κ3) is 2.74. The van der Waals surface area contributed by atoms with Crippen molar-refractivity contribution in [3.63, 3.8) is 0 Å². The van der Waals surface area contributed by atoms with E-state index in [0.29, 0.717) is 11.8 Å². The highest BCUT2D eigenvalue weighted by molar-refractivity contribution is 5.82. The van der Waals surface area contributed by atoms with Crippen molar-refractivity contribution in [3.8, 4) is 0 Å². The molecule has 6 atom stereocenters. The monoisotopic (exact) mass is 456 g/mol. The normalized spacial score (nSPS) is 40.9. The smallest absolute Gasteiger partial charge is 0.0975 e. The van der Waals surface area contributed by atoms with E-state index in [2.05, 4.69) is 48.3 Å². The Hall–Kier alpha value is -2.01. The highest BCUT2D eigenvalue weighted by Gasteiger charge is 2.67. The molecule has 1 aromatic heterocycles. The second-order valence-electron chi connectivity index (χ2n) is 12.5. The molecule has 0 amide bonds. The first-order valence-corrected chi connectivity index (χ1v) is 13.2. The van der Waals surface area contributed by atoms with Crippen LogP contribution in [0.2, 0.25) is 0 Å². The van der Waals surface area contributed by atoms with E-state index in [4.69, 9.17) is 4.74 Å². The highest BCUT2D eigenvalue weighted by Crippen LogP contribution is 2.69. The van der Waals surface area contributed by atoms with Crippen LogP contribution in [-0.2, 0) is 4.74 Å². The fraction of sp³-hybridized carbons (Fsp3) is 0.567. The minimum atomic E-state index is -0.203. The molecule has 3 aliphatic carbocycles. The van der Waals surface area contributed by atoms with E-state index in [1.165, 1.54) is 40.3 Å². The van der Waals surface area contributed by atoms with Gasteiger partial charge in [0.25, 0.3) is 0 Å². The van der Waals surface area contributed by atoms with Crippen molar-refractivity contribution >= 4 is 10.8 Å². The van der Waals surface area contributed by atoms with Gasteiger partial charge in [0.15, 0.2) is 0 Å². The first-order valence-electron chi connectivity index (χ1n) is 13.2. The van der Waals surface area contributed by atoms with Gasteiger partial charge in [-0.3, -0.25) is 4.98 Å². The van der Waals surface area contributed by atoms with Gasteiger partial charge < -0.3 is 14.6 Å². The van der Waals surface area contributed by atoms with E-state index in [1.54, 1.807) is 0 Å². The van der Waals surface area contributed by atoms with Gasteiger partial charge in [0.2, 0.25) is 0 Å². The molecule has 5 aliphatic rings. The zero-order chi connectivity index (χ0) is 23.3. The number of rotatable bonds is 2. The third-order valence-corrected chi connectivity index (χ3v) is 10.6. The summed E-state index contributed by atoms with van der Waals surface area (Å²) >= 11 is 0. The molecule has 2 saturated carbocycles. The van der Waals surface area contributed by atoms with E-state index in [9.17, 15) is 5.21 Å². The lowest BCUT2D eigenvalue weighted by Crippen LogP contribution is -2.56. The summed E-state index contributed by atoms with van der Waals surface area (Å²) in [7, 11) is 3.63. The first-order chi connectivity index (χ1) is 16.2. The van der Waals surface area contributed by atoms with Crippen LogP contribution in [0.5, 0.6) is 0 Å². The average molecular weight is 457 g/mol. The van der Waals surface area contributed by atoms with Gasteiger partial charge in [-0.15, -0.1) is 0 Å². The lowest BCUT2D eigenvalue weighted by atomic mass is 9.58. The third-order valence-electron chi connectivity index (χ3n) is 10.6. The SMILES string of the molecule is C[C@]12CC=C3C=C4CC[C@H]([N+](C)(C)[O-])CC45CC[C@]3(O5)[C@@H]1CC[C@@H]2c1ccc2ccncc2c1. The van der Waals surface area contributed by atoms with Gasteiger partial charge in [-0.2, -0.15) is 0 Å². The fourth-order valence-corrected chi connectivity index (χ4v) is 8.78. The van der Waals surface area contributed by atoms with Crippen molar-refractivity contribution in [2.75, 3.05) is 14.1 Å². The Labute approximate surface area is 202 Å². The van der Waals surface area contributed by atoms with E-state index >= 15 is 0 Å². The summed E-state index contributed by atoms with van der Waals surface area (Å²) in [6.07, 6.45) is 17.5. The summed E-state index contributed by atoms with van der Waals surface area (Å²) in [6.45, 7) is 2.53. The summed E-state index contributed by atoms with van der Waals surface area (Å²) in [5, 5.41) is 15.4. The Bertz CT molecular complexity index is 1240. The Morgan fingerprint density at radius 3 is 2.82 bits per heavy atom. The maximum Gasteiger partial charge on any atom is 0.0975 e.